The lowest BCUT2D eigenvalue weighted by Gasteiger charge is -2.13. The molecule has 4 aromatic rings. The van der Waals surface area contributed by atoms with Crippen molar-refractivity contribution in [3.05, 3.63) is 72.7 Å². The molecular formula is C24H19N5O6S. The van der Waals surface area contributed by atoms with Gasteiger partial charge in [-0.1, -0.05) is 5.16 Å². The molecule has 6 rings (SSSR count). The van der Waals surface area contributed by atoms with E-state index in [9.17, 15) is 13.2 Å². The summed E-state index contributed by atoms with van der Waals surface area (Å²) in [5, 5.41) is 7.02. The van der Waals surface area contributed by atoms with E-state index in [0.717, 1.165) is 5.56 Å². The maximum absolute atomic E-state index is 13.1. The van der Waals surface area contributed by atoms with Crippen LogP contribution in [0.2, 0.25) is 0 Å². The quantitative estimate of drug-likeness (QED) is 0.386. The second-order valence-electron chi connectivity index (χ2n) is 8.38. The van der Waals surface area contributed by atoms with Crippen molar-refractivity contribution in [1.82, 2.24) is 15.1 Å². The van der Waals surface area contributed by atoms with Crippen molar-refractivity contribution in [1.29, 1.82) is 0 Å². The maximum Gasteiger partial charge on any atom is 0.264 e. The van der Waals surface area contributed by atoms with E-state index in [0.29, 0.717) is 41.5 Å². The van der Waals surface area contributed by atoms with E-state index in [1.807, 2.05) is 6.07 Å². The second kappa shape index (κ2) is 8.34. The van der Waals surface area contributed by atoms with E-state index in [-0.39, 0.29) is 23.5 Å². The minimum atomic E-state index is -3.87. The van der Waals surface area contributed by atoms with Crippen LogP contribution in [0, 0.1) is 0 Å². The Hall–Kier alpha value is -4.45. The topological polar surface area (TPSA) is 146 Å². The maximum atomic E-state index is 13.1. The summed E-state index contributed by atoms with van der Waals surface area (Å²) in [6, 6.07) is 14.6. The van der Waals surface area contributed by atoms with Gasteiger partial charge in [-0.25, -0.2) is 23.1 Å². The summed E-state index contributed by atoms with van der Waals surface area (Å²) in [6.07, 6.45) is 4.12. The lowest BCUT2D eigenvalue weighted by Crippen LogP contribution is -2.28. The van der Waals surface area contributed by atoms with Crippen molar-refractivity contribution < 1.29 is 27.2 Å². The van der Waals surface area contributed by atoms with Gasteiger partial charge in [-0.2, -0.15) is 0 Å². The molecule has 0 spiro atoms. The molecule has 182 valence electrons. The Morgan fingerprint density at radius 2 is 1.69 bits per heavy atom. The first-order valence-electron chi connectivity index (χ1n) is 11.0. The molecule has 1 fully saturated rings. The van der Waals surface area contributed by atoms with Crippen LogP contribution in [0.25, 0.3) is 11.3 Å². The van der Waals surface area contributed by atoms with E-state index in [1.165, 1.54) is 36.7 Å². The van der Waals surface area contributed by atoms with Crippen LogP contribution >= 0.6 is 0 Å². The van der Waals surface area contributed by atoms with Gasteiger partial charge in [-0.15, -0.1) is 0 Å². The number of benzene rings is 2. The number of rotatable bonds is 7. The Balaban J connectivity index is 1.16. The number of nitrogens with one attached hydrogen (secondary N) is 2. The van der Waals surface area contributed by atoms with E-state index < -0.39 is 15.4 Å². The van der Waals surface area contributed by atoms with E-state index in [4.69, 9.17) is 14.0 Å². The monoisotopic (exact) mass is 505 g/mol. The van der Waals surface area contributed by atoms with Crippen molar-refractivity contribution in [2.24, 2.45) is 0 Å². The van der Waals surface area contributed by atoms with Crippen LogP contribution in [0.5, 0.6) is 11.5 Å². The highest BCUT2D eigenvalue weighted by molar-refractivity contribution is 7.92. The molecule has 1 amide bonds. The molecule has 0 unspecified atom stereocenters. The minimum Gasteiger partial charge on any atom is -0.454 e. The third-order valence-corrected chi connectivity index (χ3v) is 7.40. The third-order valence-electron chi connectivity index (χ3n) is 6.06. The highest BCUT2D eigenvalue weighted by atomic mass is 32.2. The molecule has 1 aliphatic carbocycles. The number of carbonyl (C=O) groups is 1. The first-order chi connectivity index (χ1) is 17.4. The standard InChI is InChI=1S/C24H19N5O6S/c30-22(27-16-3-5-17(6-4-16)36(31,32)29-23-25-10-1-11-26-23)24(8-9-24)21-13-19(35-28-21)15-2-7-18-20(12-15)34-14-33-18/h1-7,10-13H,8-9,14H2,(H,27,30)(H,25,26,29). The number of hydrogen-bond donors (Lipinski definition) is 2. The largest absolute Gasteiger partial charge is 0.454 e. The van der Waals surface area contributed by atoms with E-state index in [1.54, 1.807) is 24.3 Å². The molecule has 0 saturated heterocycles. The van der Waals surface area contributed by atoms with Crippen LogP contribution < -0.4 is 19.5 Å². The summed E-state index contributed by atoms with van der Waals surface area (Å²) in [5.41, 5.74) is 0.967. The van der Waals surface area contributed by atoms with Gasteiger partial charge in [0, 0.05) is 29.7 Å². The summed E-state index contributed by atoms with van der Waals surface area (Å²) in [7, 11) is -3.87. The predicted molar refractivity (Wildman–Crippen MR) is 127 cm³/mol. The van der Waals surface area contributed by atoms with Gasteiger partial charge < -0.3 is 19.3 Å². The fourth-order valence-corrected chi connectivity index (χ4v) is 4.87. The van der Waals surface area contributed by atoms with Crippen molar-refractivity contribution in [2.75, 3.05) is 16.8 Å². The number of anilines is 2. The molecule has 3 heterocycles. The van der Waals surface area contributed by atoms with Crippen molar-refractivity contribution in [2.45, 2.75) is 23.2 Å². The molecule has 0 bridgehead atoms. The van der Waals surface area contributed by atoms with Crippen LogP contribution in [-0.4, -0.2) is 36.2 Å². The summed E-state index contributed by atoms with van der Waals surface area (Å²) in [6.45, 7) is 0.175. The average Bonchev–Trinajstić information content (AvgIpc) is 3.31. The molecule has 0 radical (unpaired) electrons. The Morgan fingerprint density at radius 3 is 2.44 bits per heavy atom. The molecular weight excluding hydrogens is 486 g/mol. The molecule has 36 heavy (non-hydrogen) atoms. The zero-order valence-electron chi connectivity index (χ0n) is 18.7. The van der Waals surface area contributed by atoms with Gasteiger partial charge in [0.1, 0.15) is 0 Å². The van der Waals surface area contributed by atoms with Gasteiger partial charge in [0.15, 0.2) is 17.3 Å². The molecule has 11 nitrogen and oxygen atoms in total. The number of sulfonamides is 1. The number of nitrogens with zero attached hydrogens (tertiary/aromatic N) is 3. The van der Waals surface area contributed by atoms with Gasteiger partial charge in [0.25, 0.3) is 10.0 Å². The highest BCUT2D eigenvalue weighted by Gasteiger charge is 2.54. The van der Waals surface area contributed by atoms with Gasteiger partial charge in [-0.3, -0.25) is 4.79 Å². The zero-order chi connectivity index (χ0) is 24.8. The second-order valence-corrected chi connectivity index (χ2v) is 10.1. The molecule has 2 aromatic heterocycles. The molecule has 12 heteroatoms. The first-order valence-corrected chi connectivity index (χ1v) is 12.5. The lowest BCUT2D eigenvalue weighted by molar-refractivity contribution is -0.118. The normalized spacial score (nSPS) is 15.3. The Labute approximate surface area is 205 Å². The van der Waals surface area contributed by atoms with Gasteiger partial charge in [-0.05, 0) is 61.4 Å². The summed E-state index contributed by atoms with van der Waals surface area (Å²) in [5.74, 6) is 1.55. The number of amides is 1. The molecule has 2 N–H and O–H groups in total. The number of hydrogen-bond acceptors (Lipinski definition) is 9. The summed E-state index contributed by atoms with van der Waals surface area (Å²) < 4.78 is 43.7. The van der Waals surface area contributed by atoms with E-state index >= 15 is 0 Å². The fourth-order valence-electron chi connectivity index (χ4n) is 3.91. The minimum absolute atomic E-state index is 0.0129. The number of ether oxygens (including phenoxy) is 2. The van der Waals surface area contributed by atoms with Crippen molar-refractivity contribution >= 4 is 27.6 Å². The van der Waals surface area contributed by atoms with Crippen molar-refractivity contribution in [3.63, 3.8) is 0 Å². The van der Waals surface area contributed by atoms with Crippen molar-refractivity contribution in [3.8, 4) is 22.8 Å². The summed E-state index contributed by atoms with van der Waals surface area (Å²) >= 11 is 0. The fraction of sp³-hybridized carbons (Fsp3) is 0.167. The van der Waals surface area contributed by atoms with Crippen LogP contribution in [0.4, 0.5) is 11.6 Å². The number of aromatic nitrogens is 3. The van der Waals surface area contributed by atoms with Crippen LogP contribution in [0.3, 0.4) is 0 Å². The Bertz CT molecular complexity index is 1550. The molecule has 0 atom stereocenters. The van der Waals surface area contributed by atoms with Gasteiger partial charge >= 0.3 is 0 Å². The molecule has 2 aromatic carbocycles. The molecule has 2 aliphatic rings. The Morgan fingerprint density at radius 1 is 0.944 bits per heavy atom. The average molecular weight is 506 g/mol. The molecule has 1 aliphatic heterocycles. The predicted octanol–water partition coefficient (Wildman–Crippen LogP) is 3.33. The molecule has 1 saturated carbocycles. The van der Waals surface area contributed by atoms with Gasteiger partial charge in [0.2, 0.25) is 18.6 Å². The van der Waals surface area contributed by atoms with Crippen LogP contribution in [0.1, 0.15) is 18.5 Å². The van der Waals surface area contributed by atoms with Gasteiger partial charge in [0.05, 0.1) is 16.0 Å². The highest BCUT2D eigenvalue weighted by Crippen LogP contribution is 2.49. The zero-order valence-corrected chi connectivity index (χ0v) is 19.5. The Kier molecular flexibility index (Phi) is 5.11. The SMILES string of the molecule is O=C(Nc1ccc(S(=O)(=O)Nc2ncccn2)cc1)C1(c2cc(-c3ccc4c(c3)OCO4)on2)CC1. The number of fused-ring (bicyclic) bond motifs is 1. The summed E-state index contributed by atoms with van der Waals surface area (Å²) in [4.78, 5) is 20.9. The number of carbonyl (C=O) groups excluding carboxylic acids is 1. The van der Waals surface area contributed by atoms with E-state index in [2.05, 4.69) is 25.2 Å². The third kappa shape index (κ3) is 4.01. The first kappa shape index (κ1) is 22.0. The van der Waals surface area contributed by atoms with Crippen LogP contribution in [-0.2, 0) is 20.2 Å². The van der Waals surface area contributed by atoms with Crippen LogP contribution in [0.15, 0.2) is 76.4 Å². The smallest absolute Gasteiger partial charge is 0.264 e. The lowest BCUT2D eigenvalue weighted by atomic mass is 10.00.